The second-order valence-corrected chi connectivity index (χ2v) is 3.73. The van der Waals surface area contributed by atoms with Gasteiger partial charge < -0.3 is 14.4 Å². The van der Waals surface area contributed by atoms with Gasteiger partial charge in [-0.15, -0.1) is 0 Å². The molecule has 1 heterocycles. The Kier molecular flexibility index (Phi) is 4.65. The van der Waals surface area contributed by atoms with E-state index in [0.717, 1.165) is 0 Å². The first-order valence-electron chi connectivity index (χ1n) is 5.33. The van der Waals surface area contributed by atoms with Crippen molar-refractivity contribution in [3.05, 3.63) is 23.4 Å². The van der Waals surface area contributed by atoms with E-state index >= 15 is 0 Å². The van der Waals surface area contributed by atoms with E-state index in [1.54, 1.807) is 31.0 Å². The van der Waals surface area contributed by atoms with Crippen LogP contribution in [-0.2, 0) is 14.3 Å². The van der Waals surface area contributed by atoms with Crippen LogP contribution in [-0.4, -0.2) is 44.7 Å². The molecule has 1 aromatic heterocycles. The summed E-state index contributed by atoms with van der Waals surface area (Å²) in [4.78, 5) is 28.4. The van der Waals surface area contributed by atoms with Gasteiger partial charge in [0.25, 0.3) is 0 Å². The summed E-state index contributed by atoms with van der Waals surface area (Å²) in [5, 5.41) is 0. The quantitative estimate of drug-likeness (QED) is 0.738. The predicted molar refractivity (Wildman–Crippen MR) is 65.6 cm³/mol. The van der Waals surface area contributed by atoms with Crippen LogP contribution in [0.3, 0.4) is 0 Å². The van der Waals surface area contributed by atoms with Gasteiger partial charge in [-0.25, -0.2) is 9.78 Å². The fourth-order valence-electron chi connectivity index (χ4n) is 1.43. The molecule has 98 valence electrons. The zero-order chi connectivity index (χ0) is 13.7. The van der Waals surface area contributed by atoms with Crippen molar-refractivity contribution in [2.24, 2.45) is 0 Å². The van der Waals surface area contributed by atoms with Crippen molar-refractivity contribution < 1.29 is 19.1 Å². The van der Waals surface area contributed by atoms with Gasteiger partial charge >= 0.3 is 11.9 Å². The molecule has 1 rings (SSSR count). The average Bonchev–Trinajstić information content (AvgIpc) is 2.37. The summed E-state index contributed by atoms with van der Waals surface area (Å²) in [7, 11) is 4.37. The van der Waals surface area contributed by atoms with Crippen LogP contribution in [0.4, 0.5) is 5.82 Å². The number of anilines is 1. The number of methoxy groups -OCH3 is 2. The summed E-state index contributed by atoms with van der Waals surface area (Å²) in [5.41, 5.74) is 0.962. The lowest BCUT2D eigenvalue weighted by molar-refractivity contribution is -0.138. The van der Waals surface area contributed by atoms with Crippen molar-refractivity contribution in [2.75, 3.05) is 32.7 Å². The lowest BCUT2D eigenvalue weighted by atomic mass is 10.2. The largest absolute Gasteiger partial charge is 0.468 e. The Morgan fingerprint density at radius 2 is 1.94 bits per heavy atom. The highest BCUT2D eigenvalue weighted by atomic mass is 16.5. The van der Waals surface area contributed by atoms with Crippen LogP contribution in [0.25, 0.3) is 0 Å². The van der Waals surface area contributed by atoms with Crippen LogP contribution < -0.4 is 4.90 Å². The molecule has 0 radical (unpaired) electrons. The predicted octanol–water partition coefficient (Wildman–Crippen LogP) is 0.786. The van der Waals surface area contributed by atoms with E-state index in [4.69, 9.17) is 0 Å². The number of rotatable bonds is 4. The topological polar surface area (TPSA) is 68.7 Å². The fourth-order valence-corrected chi connectivity index (χ4v) is 1.43. The third-order valence-corrected chi connectivity index (χ3v) is 2.46. The number of hydrogen-bond donors (Lipinski definition) is 0. The molecule has 0 unspecified atom stereocenters. The third kappa shape index (κ3) is 3.19. The lowest BCUT2D eigenvalue weighted by Gasteiger charge is -2.17. The summed E-state index contributed by atoms with van der Waals surface area (Å²) in [5.74, 6) is -0.193. The van der Waals surface area contributed by atoms with E-state index in [0.29, 0.717) is 17.1 Å². The normalized spacial score (nSPS) is 9.78. The number of nitrogens with zero attached hydrogens (tertiary/aromatic N) is 2. The maximum Gasteiger partial charge on any atom is 0.339 e. The van der Waals surface area contributed by atoms with Crippen LogP contribution in [0.1, 0.15) is 16.1 Å². The van der Waals surface area contributed by atoms with Crippen molar-refractivity contribution >= 4 is 17.8 Å². The van der Waals surface area contributed by atoms with Crippen LogP contribution in [0.5, 0.6) is 0 Å². The number of carbonyl (C=O) groups is 2. The molecule has 0 fully saturated rings. The van der Waals surface area contributed by atoms with E-state index in [1.165, 1.54) is 14.2 Å². The first-order valence-corrected chi connectivity index (χ1v) is 5.33. The molecule has 0 atom stereocenters. The molecule has 6 nitrogen and oxygen atoms in total. The molecule has 0 aliphatic rings. The van der Waals surface area contributed by atoms with Gasteiger partial charge in [-0.2, -0.15) is 0 Å². The standard InChI is InChI=1S/C12H16N2O4/c1-8-9(12(16)18-4)5-6-10(13-8)14(2)7-11(15)17-3/h5-6H,7H2,1-4H3. The second kappa shape index (κ2) is 6.00. The number of carbonyl (C=O) groups excluding carboxylic acids is 2. The Morgan fingerprint density at radius 3 is 2.44 bits per heavy atom. The molecular formula is C12H16N2O4. The Labute approximate surface area is 106 Å². The number of likely N-dealkylation sites (N-methyl/N-ethyl adjacent to an activating group) is 1. The maximum absolute atomic E-state index is 11.4. The number of hydrogen-bond acceptors (Lipinski definition) is 6. The average molecular weight is 252 g/mol. The van der Waals surface area contributed by atoms with Gasteiger partial charge in [-0.05, 0) is 19.1 Å². The van der Waals surface area contributed by atoms with Crippen LogP contribution in [0.15, 0.2) is 12.1 Å². The minimum absolute atomic E-state index is 0.0977. The zero-order valence-corrected chi connectivity index (χ0v) is 10.9. The number of pyridine rings is 1. The van der Waals surface area contributed by atoms with Crippen molar-refractivity contribution in [2.45, 2.75) is 6.92 Å². The zero-order valence-electron chi connectivity index (χ0n) is 10.9. The summed E-state index contributed by atoms with van der Waals surface area (Å²) in [6.45, 7) is 1.81. The SMILES string of the molecule is COC(=O)CN(C)c1ccc(C(=O)OC)c(C)n1. The molecule has 0 saturated heterocycles. The number of ether oxygens (including phenoxy) is 2. The van der Waals surface area contributed by atoms with Gasteiger partial charge in [0.15, 0.2) is 0 Å². The Balaban J connectivity index is 2.90. The number of aryl methyl sites for hydroxylation is 1. The smallest absolute Gasteiger partial charge is 0.339 e. The second-order valence-electron chi connectivity index (χ2n) is 3.73. The minimum Gasteiger partial charge on any atom is -0.468 e. The molecule has 0 aliphatic heterocycles. The summed E-state index contributed by atoms with van der Waals surface area (Å²) >= 11 is 0. The van der Waals surface area contributed by atoms with E-state index < -0.39 is 5.97 Å². The Bertz CT molecular complexity index is 459. The van der Waals surface area contributed by atoms with Gasteiger partial charge in [-0.3, -0.25) is 4.79 Å². The molecule has 6 heteroatoms. The third-order valence-electron chi connectivity index (χ3n) is 2.46. The van der Waals surface area contributed by atoms with Gasteiger partial charge in [-0.1, -0.05) is 0 Å². The van der Waals surface area contributed by atoms with E-state index in [-0.39, 0.29) is 12.5 Å². The van der Waals surface area contributed by atoms with E-state index in [2.05, 4.69) is 14.5 Å². The van der Waals surface area contributed by atoms with Crippen LogP contribution in [0, 0.1) is 6.92 Å². The number of esters is 2. The van der Waals surface area contributed by atoms with Crippen molar-refractivity contribution in [1.82, 2.24) is 4.98 Å². The summed E-state index contributed by atoms with van der Waals surface area (Å²) < 4.78 is 9.20. The fraction of sp³-hybridized carbons (Fsp3) is 0.417. The first kappa shape index (κ1) is 14.0. The van der Waals surface area contributed by atoms with Gasteiger partial charge in [0.1, 0.15) is 12.4 Å². The molecule has 0 aliphatic carbocycles. The Morgan fingerprint density at radius 1 is 1.28 bits per heavy atom. The van der Waals surface area contributed by atoms with Gasteiger partial charge in [0.05, 0.1) is 25.5 Å². The molecule has 0 bridgehead atoms. The van der Waals surface area contributed by atoms with Crippen LogP contribution in [0.2, 0.25) is 0 Å². The lowest BCUT2D eigenvalue weighted by Crippen LogP contribution is -2.27. The van der Waals surface area contributed by atoms with E-state index in [9.17, 15) is 9.59 Å². The highest BCUT2D eigenvalue weighted by Crippen LogP contribution is 2.14. The Hall–Kier alpha value is -2.11. The van der Waals surface area contributed by atoms with Crippen molar-refractivity contribution in [3.63, 3.8) is 0 Å². The molecule has 1 aromatic rings. The highest BCUT2D eigenvalue weighted by molar-refractivity contribution is 5.90. The number of aromatic nitrogens is 1. The highest BCUT2D eigenvalue weighted by Gasteiger charge is 2.13. The first-order chi connectivity index (χ1) is 8.49. The molecule has 0 amide bonds. The molecule has 0 aromatic carbocycles. The maximum atomic E-state index is 11.4. The van der Waals surface area contributed by atoms with Gasteiger partial charge in [0, 0.05) is 7.05 Å². The van der Waals surface area contributed by atoms with E-state index in [1.807, 2.05) is 0 Å². The molecule has 0 spiro atoms. The summed E-state index contributed by atoms with van der Waals surface area (Å²) in [6, 6.07) is 3.28. The molecule has 18 heavy (non-hydrogen) atoms. The summed E-state index contributed by atoms with van der Waals surface area (Å²) in [6.07, 6.45) is 0. The monoisotopic (exact) mass is 252 g/mol. The molecule has 0 N–H and O–H groups in total. The minimum atomic E-state index is -0.429. The van der Waals surface area contributed by atoms with Gasteiger partial charge in [0.2, 0.25) is 0 Å². The molecular weight excluding hydrogens is 236 g/mol. The molecule has 0 saturated carbocycles. The van der Waals surface area contributed by atoms with Crippen LogP contribution >= 0.6 is 0 Å². The van der Waals surface area contributed by atoms with Crippen molar-refractivity contribution in [1.29, 1.82) is 0 Å². The van der Waals surface area contributed by atoms with Crippen molar-refractivity contribution in [3.8, 4) is 0 Å².